The number of piperidine rings is 1. The first kappa shape index (κ1) is 21.7. The Balaban J connectivity index is 1.79. The van der Waals surface area contributed by atoms with Crippen LogP contribution < -0.4 is 10.1 Å². The molecule has 0 aliphatic carbocycles. The lowest BCUT2D eigenvalue weighted by atomic mass is 9.93. The molecular weight excluding hydrogens is 340 g/mol. The van der Waals surface area contributed by atoms with Crippen molar-refractivity contribution in [1.29, 1.82) is 0 Å². The molecule has 27 heavy (non-hydrogen) atoms. The van der Waals surface area contributed by atoms with Gasteiger partial charge in [-0.2, -0.15) is 0 Å². The number of carbonyl (C=O) groups excluding carboxylic acids is 1. The van der Waals surface area contributed by atoms with Gasteiger partial charge in [0.25, 0.3) is 5.91 Å². The van der Waals surface area contributed by atoms with Crippen LogP contribution in [0.15, 0.2) is 24.3 Å². The Morgan fingerprint density at radius 2 is 1.89 bits per heavy atom. The summed E-state index contributed by atoms with van der Waals surface area (Å²) in [4.78, 5) is 15.1. The highest BCUT2D eigenvalue weighted by Crippen LogP contribution is 2.23. The molecule has 0 spiro atoms. The highest BCUT2D eigenvalue weighted by Gasteiger charge is 2.33. The van der Waals surface area contributed by atoms with E-state index in [2.05, 4.69) is 31.0 Å². The first-order valence-corrected chi connectivity index (χ1v) is 10.1. The molecule has 1 aromatic rings. The van der Waals surface area contributed by atoms with Crippen molar-refractivity contribution in [2.24, 2.45) is 11.8 Å². The standard InChI is InChI=1S/C22H36N2O3/c1-17(2)16-22(4,26-5)21(25)23-19-6-8-20(9-7-19)27-15-14-24-12-10-18(3)11-13-24/h6-9,17-18H,10-16H2,1-5H3,(H,23,25)/t22-/m0/s1. The van der Waals surface area contributed by atoms with Gasteiger partial charge in [-0.25, -0.2) is 0 Å². The quantitative estimate of drug-likeness (QED) is 0.702. The van der Waals surface area contributed by atoms with Crippen molar-refractivity contribution in [2.45, 2.75) is 52.6 Å². The molecule has 1 atom stereocenters. The molecule has 0 radical (unpaired) electrons. The summed E-state index contributed by atoms with van der Waals surface area (Å²) in [6, 6.07) is 7.56. The summed E-state index contributed by atoms with van der Waals surface area (Å²) in [6.45, 7) is 12.3. The zero-order chi connectivity index (χ0) is 19.9. The number of rotatable bonds is 9. The van der Waals surface area contributed by atoms with Gasteiger partial charge in [-0.1, -0.05) is 20.8 Å². The molecule has 1 fully saturated rings. The van der Waals surface area contributed by atoms with Crippen molar-refractivity contribution in [2.75, 3.05) is 38.7 Å². The highest BCUT2D eigenvalue weighted by molar-refractivity contribution is 5.97. The third kappa shape index (κ3) is 6.82. The van der Waals surface area contributed by atoms with Gasteiger partial charge in [-0.05, 0) is 75.4 Å². The summed E-state index contributed by atoms with van der Waals surface area (Å²) >= 11 is 0. The Bertz CT molecular complexity index is 580. The molecule has 1 heterocycles. The van der Waals surface area contributed by atoms with Gasteiger partial charge in [-0.3, -0.25) is 9.69 Å². The monoisotopic (exact) mass is 376 g/mol. The second kappa shape index (κ2) is 10.1. The minimum absolute atomic E-state index is 0.119. The number of hydrogen-bond donors (Lipinski definition) is 1. The van der Waals surface area contributed by atoms with Crippen LogP contribution in [0.1, 0.15) is 47.0 Å². The molecule has 2 rings (SSSR count). The van der Waals surface area contributed by atoms with Crippen molar-refractivity contribution in [3.8, 4) is 5.75 Å². The van der Waals surface area contributed by atoms with Gasteiger partial charge in [0.15, 0.2) is 0 Å². The molecule has 5 heteroatoms. The second-order valence-electron chi connectivity index (χ2n) is 8.38. The lowest BCUT2D eigenvalue weighted by Crippen LogP contribution is -2.43. The maximum absolute atomic E-state index is 12.6. The minimum atomic E-state index is -0.824. The van der Waals surface area contributed by atoms with Crippen molar-refractivity contribution in [3.05, 3.63) is 24.3 Å². The first-order valence-electron chi connectivity index (χ1n) is 10.1. The maximum Gasteiger partial charge on any atom is 0.256 e. The van der Waals surface area contributed by atoms with Gasteiger partial charge in [-0.15, -0.1) is 0 Å². The molecule has 1 aromatic carbocycles. The van der Waals surface area contributed by atoms with E-state index in [1.807, 2.05) is 31.2 Å². The predicted molar refractivity (Wildman–Crippen MR) is 110 cm³/mol. The van der Waals surface area contributed by atoms with E-state index in [0.717, 1.165) is 23.9 Å². The van der Waals surface area contributed by atoms with Crippen LogP contribution in [0.5, 0.6) is 5.75 Å². The SMILES string of the molecule is CO[C@@](C)(CC(C)C)C(=O)Nc1ccc(OCCN2CCC(C)CC2)cc1. The second-order valence-corrected chi connectivity index (χ2v) is 8.38. The van der Waals surface area contributed by atoms with E-state index in [-0.39, 0.29) is 5.91 Å². The van der Waals surface area contributed by atoms with Gasteiger partial charge in [0.1, 0.15) is 18.0 Å². The molecule has 5 nitrogen and oxygen atoms in total. The van der Waals surface area contributed by atoms with Crippen LogP contribution in [-0.4, -0.2) is 49.8 Å². The average molecular weight is 377 g/mol. The van der Waals surface area contributed by atoms with Gasteiger partial charge in [0.05, 0.1) is 0 Å². The number of hydrogen-bond acceptors (Lipinski definition) is 4. The molecule has 0 bridgehead atoms. The number of benzene rings is 1. The lowest BCUT2D eigenvalue weighted by Gasteiger charge is -2.30. The highest BCUT2D eigenvalue weighted by atomic mass is 16.5. The number of methoxy groups -OCH3 is 1. The molecule has 1 saturated heterocycles. The predicted octanol–water partition coefficient (Wildman–Crippen LogP) is 4.19. The van der Waals surface area contributed by atoms with Crippen molar-refractivity contribution < 1.29 is 14.3 Å². The summed E-state index contributed by atoms with van der Waals surface area (Å²) in [6.07, 6.45) is 3.24. The van der Waals surface area contributed by atoms with Gasteiger partial charge in [0, 0.05) is 19.3 Å². The van der Waals surface area contributed by atoms with Crippen molar-refractivity contribution in [3.63, 3.8) is 0 Å². The van der Waals surface area contributed by atoms with Crippen LogP contribution in [0.25, 0.3) is 0 Å². The molecule has 1 N–H and O–H groups in total. The van der Waals surface area contributed by atoms with E-state index in [1.54, 1.807) is 7.11 Å². The Kier molecular flexibility index (Phi) is 8.11. The summed E-state index contributed by atoms with van der Waals surface area (Å²) in [5, 5.41) is 2.95. The van der Waals surface area contributed by atoms with Gasteiger partial charge >= 0.3 is 0 Å². The first-order chi connectivity index (χ1) is 12.8. The third-order valence-corrected chi connectivity index (χ3v) is 5.39. The number of likely N-dealkylation sites (tertiary alicyclic amines) is 1. The largest absolute Gasteiger partial charge is 0.492 e. The van der Waals surface area contributed by atoms with Crippen LogP contribution in [0.4, 0.5) is 5.69 Å². The molecule has 0 aromatic heterocycles. The molecular formula is C22H36N2O3. The molecule has 1 amide bonds. The van der Waals surface area contributed by atoms with Crippen LogP contribution in [0.2, 0.25) is 0 Å². The molecule has 0 unspecified atom stereocenters. The number of ether oxygens (including phenoxy) is 2. The zero-order valence-corrected chi connectivity index (χ0v) is 17.6. The normalized spacial score (nSPS) is 18.3. The zero-order valence-electron chi connectivity index (χ0n) is 17.6. The summed E-state index contributed by atoms with van der Waals surface area (Å²) in [5.41, 5.74) is -0.0701. The van der Waals surface area contributed by atoms with Crippen LogP contribution in [-0.2, 0) is 9.53 Å². The number of nitrogens with zero attached hydrogens (tertiary/aromatic N) is 1. The van der Waals surface area contributed by atoms with Crippen molar-refractivity contribution in [1.82, 2.24) is 4.90 Å². The molecule has 1 aliphatic heterocycles. The minimum Gasteiger partial charge on any atom is -0.492 e. The summed E-state index contributed by atoms with van der Waals surface area (Å²) < 4.78 is 11.3. The smallest absolute Gasteiger partial charge is 0.256 e. The Labute approximate surface area is 164 Å². The Morgan fingerprint density at radius 3 is 2.44 bits per heavy atom. The molecule has 0 saturated carbocycles. The topological polar surface area (TPSA) is 50.8 Å². The van der Waals surface area contributed by atoms with Crippen LogP contribution >= 0.6 is 0 Å². The fourth-order valence-corrected chi connectivity index (χ4v) is 3.52. The number of anilines is 1. The van der Waals surface area contributed by atoms with Crippen LogP contribution in [0, 0.1) is 11.8 Å². The molecule has 152 valence electrons. The van der Waals surface area contributed by atoms with E-state index in [1.165, 1.54) is 25.9 Å². The maximum atomic E-state index is 12.6. The lowest BCUT2D eigenvalue weighted by molar-refractivity contribution is -0.137. The molecule has 1 aliphatic rings. The van der Waals surface area contributed by atoms with E-state index >= 15 is 0 Å². The summed E-state index contributed by atoms with van der Waals surface area (Å²) in [5.74, 6) is 1.94. The Morgan fingerprint density at radius 1 is 1.26 bits per heavy atom. The number of amides is 1. The third-order valence-electron chi connectivity index (χ3n) is 5.39. The number of carbonyl (C=O) groups is 1. The van der Waals surface area contributed by atoms with E-state index < -0.39 is 5.60 Å². The van der Waals surface area contributed by atoms with E-state index in [0.29, 0.717) is 18.9 Å². The van der Waals surface area contributed by atoms with Gasteiger partial charge in [0.2, 0.25) is 0 Å². The average Bonchev–Trinajstić information content (AvgIpc) is 2.64. The van der Waals surface area contributed by atoms with E-state index in [9.17, 15) is 4.79 Å². The Hall–Kier alpha value is -1.59. The fraction of sp³-hybridized carbons (Fsp3) is 0.682. The summed E-state index contributed by atoms with van der Waals surface area (Å²) in [7, 11) is 1.59. The van der Waals surface area contributed by atoms with Crippen LogP contribution in [0.3, 0.4) is 0 Å². The van der Waals surface area contributed by atoms with Crippen molar-refractivity contribution >= 4 is 11.6 Å². The van der Waals surface area contributed by atoms with E-state index in [4.69, 9.17) is 9.47 Å². The number of nitrogens with one attached hydrogen (secondary N) is 1. The fourth-order valence-electron chi connectivity index (χ4n) is 3.52. The van der Waals surface area contributed by atoms with Gasteiger partial charge < -0.3 is 14.8 Å².